The second-order valence-electron chi connectivity index (χ2n) is 7.84. The molecule has 144 valence electrons. The molecule has 0 aliphatic carbocycles. The molecule has 0 radical (unpaired) electrons. The van der Waals surface area contributed by atoms with Crippen LogP contribution in [0.1, 0.15) is 39.2 Å². The molecule has 0 aromatic heterocycles. The van der Waals surface area contributed by atoms with Crippen LogP contribution in [0.4, 0.5) is 5.69 Å². The summed E-state index contributed by atoms with van der Waals surface area (Å²) in [5.74, 6) is 0.0500. The molecule has 27 heavy (non-hydrogen) atoms. The van der Waals surface area contributed by atoms with Gasteiger partial charge in [-0.05, 0) is 42.4 Å². The van der Waals surface area contributed by atoms with E-state index in [9.17, 15) is 19.7 Å². The zero-order valence-corrected chi connectivity index (χ0v) is 16.0. The Morgan fingerprint density at radius 1 is 1.19 bits per heavy atom. The Bertz CT molecular complexity index is 798. The second kappa shape index (κ2) is 7.50. The number of hydrogen-bond donors (Lipinski definition) is 0. The van der Waals surface area contributed by atoms with Gasteiger partial charge in [-0.25, -0.2) is 0 Å². The van der Waals surface area contributed by atoms with Gasteiger partial charge in [0, 0.05) is 31.8 Å². The number of hydrogen-bond acceptors (Lipinski definition) is 5. The topological polar surface area (TPSA) is 83.8 Å². The average Bonchev–Trinajstić information content (AvgIpc) is 2.86. The fraction of sp³-hybridized carbons (Fsp3) is 0.500. The maximum Gasteiger partial charge on any atom is 0.277 e. The smallest absolute Gasteiger partial charge is 0.277 e. The van der Waals surface area contributed by atoms with Gasteiger partial charge in [0.15, 0.2) is 0 Å². The van der Waals surface area contributed by atoms with Crippen molar-refractivity contribution in [1.82, 2.24) is 9.80 Å². The van der Waals surface area contributed by atoms with Gasteiger partial charge in [0.05, 0.1) is 10.5 Å². The van der Waals surface area contributed by atoms with E-state index in [-0.39, 0.29) is 23.4 Å². The van der Waals surface area contributed by atoms with E-state index in [0.29, 0.717) is 29.3 Å². The second-order valence-corrected chi connectivity index (χ2v) is 7.84. The highest BCUT2D eigenvalue weighted by atomic mass is 16.6. The third kappa shape index (κ3) is 3.72. The number of rotatable bonds is 5. The molecule has 1 aromatic carbocycles. The van der Waals surface area contributed by atoms with E-state index in [0.717, 1.165) is 25.9 Å². The molecule has 0 N–H and O–H groups in total. The third-order valence-electron chi connectivity index (χ3n) is 5.03. The number of piperidine rings is 1. The molecule has 0 bridgehead atoms. The van der Waals surface area contributed by atoms with E-state index in [1.165, 1.54) is 17.0 Å². The quantitative estimate of drug-likeness (QED) is 0.451. The molecule has 1 fully saturated rings. The summed E-state index contributed by atoms with van der Waals surface area (Å²) in [6.45, 7) is 7.91. The fourth-order valence-corrected chi connectivity index (χ4v) is 3.79. The van der Waals surface area contributed by atoms with Gasteiger partial charge in [0.25, 0.3) is 17.5 Å². The van der Waals surface area contributed by atoms with Gasteiger partial charge in [-0.1, -0.05) is 20.8 Å². The molecule has 3 rings (SSSR count). The first-order chi connectivity index (χ1) is 12.8. The maximum absolute atomic E-state index is 13.1. The normalized spacial score (nSPS) is 20.8. The Hall–Kier alpha value is -2.70. The Morgan fingerprint density at radius 2 is 1.85 bits per heavy atom. The van der Waals surface area contributed by atoms with E-state index in [4.69, 9.17) is 0 Å². The van der Waals surface area contributed by atoms with Gasteiger partial charge in [-0.3, -0.25) is 24.6 Å². The lowest BCUT2D eigenvalue weighted by Gasteiger charge is -2.33. The van der Waals surface area contributed by atoms with Crippen LogP contribution >= 0.6 is 0 Å². The molecular weight excluding hydrogens is 346 g/mol. The zero-order valence-electron chi connectivity index (χ0n) is 16.0. The van der Waals surface area contributed by atoms with Crippen molar-refractivity contribution in [3.63, 3.8) is 0 Å². The highest BCUT2D eigenvalue weighted by Gasteiger charge is 2.42. The van der Waals surface area contributed by atoms with Crippen LogP contribution in [0.25, 0.3) is 5.57 Å². The summed E-state index contributed by atoms with van der Waals surface area (Å²) in [7, 11) is 0. The molecular formula is C20H25N3O4. The summed E-state index contributed by atoms with van der Waals surface area (Å²) < 4.78 is 0. The molecule has 0 saturated carbocycles. The summed E-state index contributed by atoms with van der Waals surface area (Å²) in [5.41, 5.74) is 1.33. The van der Waals surface area contributed by atoms with Crippen molar-refractivity contribution >= 4 is 23.1 Å². The van der Waals surface area contributed by atoms with Crippen molar-refractivity contribution in [2.24, 2.45) is 11.8 Å². The number of non-ortho nitro benzene ring substituents is 1. The van der Waals surface area contributed by atoms with Gasteiger partial charge < -0.3 is 4.90 Å². The molecule has 1 aromatic rings. The molecule has 1 unspecified atom stereocenters. The van der Waals surface area contributed by atoms with Crippen LogP contribution in [-0.2, 0) is 9.59 Å². The number of benzene rings is 1. The molecule has 2 heterocycles. The lowest BCUT2D eigenvalue weighted by atomic mass is 9.97. The summed E-state index contributed by atoms with van der Waals surface area (Å²) in [6.07, 6.45) is 2.08. The lowest BCUT2D eigenvalue weighted by molar-refractivity contribution is -0.384. The van der Waals surface area contributed by atoms with Gasteiger partial charge in [0.1, 0.15) is 5.70 Å². The SMILES string of the molecule is CC(C)CN1C(=O)C(c2ccc([N+](=O)[O-])cc2)=C(N2CCCC(C)C2)C1=O. The average molecular weight is 371 g/mol. The third-order valence-corrected chi connectivity index (χ3v) is 5.03. The summed E-state index contributed by atoms with van der Waals surface area (Å²) in [4.78, 5) is 40.0. The zero-order chi connectivity index (χ0) is 19.7. The number of nitrogens with zero attached hydrogens (tertiary/aromatic N) is 3. The van der Waals surface area contributed by atoms with Crippen molar-refractivity contribution in [1.29, 1.82) is 0 Å². The summed E-state index contributed by atoms with van der Waals surface area (Å²) >= 11 is 0. The predicted molar refractivity (Wildman–Crippen MR) is 102 cm³/mol. The molecule has 0 spiro atoms. The number of carbonyl (C=O) groups is 2. The van der Waals surface area contributed by atoms with Crippen LogP contribution in [-0.4, -0.2) is 46.2 Å². The van der Waals surface area contributed by atoms with Crippen molar-refractivity contribution in [2.75, 3.05) is 19.6 Å². The van der Waals surface area contributed by atoms with Crippen molar-refractivity contribution in [3.8, 4) is 0 Å². The fourth-order valence-electron chi connectivity index (χ4n) is 3.79. The van der Waals surface area contributed by atoms with E-state index in [1.54, 1.807) is 12.1 Å². The highest BCUT2D eigenvalue weighted by molar-refractivity contribution is 6.35. The number of amides is 2. The standard InChI is InChI=1S/C20H25N3O4/c1-13(2)11-22-19(24)17(15-6-8-16(9-7-15)23(26)27)18(20(22)25)21-10-4-5-14(3)12-21/h6-9,13-14H,4-5,10-12H2,1-3H3. The molecule has 1 atom stereocenters. The van der Waals surface area contributed by atoms with Crippen LogP contribution < -0.4 is 0 Å². The predicted octanol–water partition coefficient (Wildman–Crippen LogP) is 3.06. The minimum absolute atomic E-state index is 0.0386. The highest BCUT2D eigenvalue weighted by Crippen LogP contribution is 2.34. The van der Waals surface area contributed by atoms with Crippen molar-refractivity contribution in [3.05, 3.63) is 45.6 Å². The van der Waals surface area contributed by atoms with Crippen LogP contribution in [0.15, 0.2) is 30.0 Å². The Kier molecular flexibility index (Phi) is 5.30. The minimum Gasteiger partial charge on any atom is -0.366 e. The summed E-state index contributed by atoms with van der Waals surface area (Å²) in [5, 5.41) is 10.9. The Morgan fingerprint density at radius 3 is 2.41 bits per heavy atom. The number of carbonyl (C=O) groups excluding carboxylic acids is 2. The van der Waals surface area contributed by atoms with E-state index in [1.807, 2.05) is 18.7 Å². The van der Waals surface area contributed by atoms with Crippen LogP contribution in [0.3, 0.4) is 0 Å². The molecule has 2 aliphatic rings. The van der Waals surface area contributed by atoms with Crippen LogP contribution in [0.5, 0.6) is 0 Å². The first-order valence-electron chi connectivity index (χ1n) is 9.39. The number of nitro benzene ring substituents is 1. The monoisotopic (exact) mass is 371 g/mol. The van der Waals surface area contributed by atoms with Crippen LogP contribution in [0.2, 0.25) is 0 Å². The molecule has 2 aliphatic heterocycles. The number of likely N-dealkylation sites (tertiary alicyclic amines) is 1. The van der Waals surface area contributed by atoms with Gasteiger partial charge in [-0.15, -0.1) is 0 Å². The first-order valence-corrected chi connectivity index (χ1v) is 9.39. The number of imide groups is 1. The number of nitro groups is 1. The van der Waals surface area contributed by atoms with Gasteiger partial charge in [-0.2, -0.15) is 0 Å². The van der Waals surface area contributed by atoms with E-state index < -0.39 is 4.92 Å². The summed E-state index contributed by atoms with van der Waals surface area (Å²) in [6, 6.07) is 5.87. The minimum atomic E-state index is -0.474. The van der Waals surface area contributed by atoms with Gasteiger partial charge in [0.2, 0.25) is 0 Å². The molecule has 2 amide bonds. The van der Waals surface area contributed by atoms with Crippen LogP contribution in [0, 0.1) is 22.0 Å². The molecule has 7 heteroatoms. The molecule has 1 saturated heterocycles. The maximum atomic E-state index is 13.1. The van der Waals surface area contributed by atoms with Gasteiger partial charge >= 0.3 is 0 Å². The van der Waals surface area contributed by atoms with E-state index in [2.05, 4.69) is 6.92 Å². The van der Waals surface area contributed by atoms with Crippen molar-refractivity contribution in [2.45, 2.75) is 33.6 Å². The Balaban J connectivity index is 2.05. The molecule has 7 nitrogen and oxygen atoms in total. The lowest BCUT2D eigenvalue weighted by Crippen LogP contribution is -2.40. The van der Waals surface area contributed by atoms with Crippen molar-refractivity contribution < 1.29 is 14.5 Å². The largest absolute Gasteiger partial charge is 0.366 e. The van der Waals surface area contributed by atoms with E-state index >= 15 is 0 Å². The first kappa shape index (κ1) is 19.1. The Labute approximate surface area is 158 Å².